The molecule has 0 aliphatic rings. The zero-order valence-electron chi connectivity index (χ0n) is 3.44. The average molecular weight is 99.1 g/mol. The summed E-state index contributed by atoms with van der Waals surface area (Å²) in [6.45, 7) is -0.0833. The predicted molar refractivity (Wildman–Crippen MR) is 21.3 cm³/mol. The van der Waals surface area contributed by atoms with Crippen LogP contribution in [0.5, 0.6) is 0 Å². The lowest BCUT2D eigenvalue weighted by atomic mass is 11.2. The first-order valence-corrected chi connectivity index (χ1v) is 1.46. The van der Waals surface area contributed by atoms with Crippen LogP contribution in [-0.4, -0.2) is 6.67 Å². The molecule has 0 unspecified atom stereocenters. The van der Waals surface area contributed by atoms with Gasteiger partial charge in [-0.2, -0.15) is 0 Å². The minimum atomic E-state index is -0.0833. The van der Waals surface area contributed by atoms with E-state index in [1.165, 1.54) is 0 Å². The number of nitrogens with one attached hydrogen (secondary N) is 1. The molecular weight excluding hydrogens is 96.1 g/mol. The topological polar surface area (TPSA) is 99.1 Å². The molecule has 0 atom stereocenters. The summed E-state index contributed by atoms with van der Waals surface area (Å²) in [6.07, 6.45) is 0. The molecule has 6 nitrogen and oxygen atoms in total. The molecule has 7 heavy (non-hydrogen) atoms. The normalized spacial score (nSPS) is 5.71. The Balaban J connectivity index is 3.33. The maximum Gasteiger partial charge on any atom is 0.214 e. The first kappa shape index (κ1) is 5.62. The summed E-state index contributed by atoms with van der Waals surface area (Å²) in [5.74, 6) is 0. The summed E-state index contributed by atoms with van der Waals surface area (Å²) in [5.41, 5.74) is 13.6. The van der Waals surface area contributed by atoms with Gasteiger partial charge in [-0.15, -0.1) is 0 Å². The number of rotatable bonds is 2. The number of nitrogens with zero attached hydrogens (tertiary/aromatic N) is 5. The summed E-state index contributed by atoms with van der Waals surface area (Å²) in [7, 11) is 0. The van der Waals surface area contributed by atoms with Crippen molar-refractivity contribution in [3.63, 3.8) is 0 Å². The quantitative estimate of drug-likeness (QED) is 0.301. The molecule has 0 saturated carbocycles. The molecule has 0 aromatic rings. The number of hydrogen-bond donors (Lipinski definition) is 1. The first-order chi connectivity index (χ1) is 3.41. The van der Waals surface area contributed by atoms with Crippen LogP contribution in [0.4, 0.5) is 0 Å². The fraction of sp³-hybridized carbons (Fsp3) is 1.00. The molecule has 0 fully saturated rings. The summed E-state index contributed by atoms with van der Waals surface area (Å²) in [4.78, 5) is 4.94. The molecule has 0 radical (unpaired) electrons. The minimum Gasteiger partial charge on any atom is -0.0629 e. The molecular formula is CH3N6+. The van der Waals surface area contributed by atoms with Crippen LogP contribution in [0.15, 0.2) is 10.2 Å². The van der Waals surface area contributed by atoms with Crippen LogP contribution in [0, 0.1) is 5.53 Å². The van der Waals surface area contributed by atoms with Gasteiger partial charge in [0, 0.05) is 4.91 Å². The molecule has 0 saturated heterocycles. The van der Waals surface area contributed by atoms with E-state index in [0.29, 0.717) is 0 Å². The van der Waals surface area contributed by atoms with E-state index in [4.69, 9.17) is 11.1 Å². The molecule has 0 aromatic carbocycles. The number of hydrogen-bond acceptors (Lipinski definition) is 3. The first-order valence-electron chi connectivity index (χ1n) is 1.46. The van der Waals surface area contributed by atoms with Gasteiger partial charge < -0.3 is 0 Å². The zero-order valence-corrected chi connectivity index (χ0v) is 3.44. The van der Waals surface area contributed by atoms with Gasteiger partial charge in [0.05, 0.1) is 0 Å². The Morgan fingerprint density at radius 3 is 2.71 bits per heavy atom. The Labute approximate surface area is 39.0 Å². The van der Waals surface area contributed by atoms with Gasteiger partial charge >= 0.3 is 0 Å². The lowest BCUT2D eigenvalue weighted by Crippen LogP contribution is -1.65. The van der Waals surface area contributed by atoms with Crippen molar-refractivity contribution in [2.24, 2.45) is 10.2 Å². The third kappa shape index (κ3) is 4.62. The van der Waals surface area contributed by atoms with Crippen molar-refractivity contribution < 1.29 is 0 Å². The van der Waals surface area contributed by atoms with Gasteiger partial charge in [-0.05, 0) is 5.53 Å². The van der Waals surface area contributed by atoms with Crippen LogP contribution >= 0.6 is 0 Å². The van der Waals surface area contributed by atoms with Crippen molar-refractivity contribution in [2.75, 3.05) is 6.67 Å². The molecule has 0 aliphatic carbocycles. The molecule has 0 aliphatic heterocycles. The monoisotopic (exact) mass is 99.0 g/mol. The molecule has 36 valence electrons. The number of azide groups is 1. The summed E-state index contributed by atoms with van der Waals surface area (Å²) < 4.78 is 0. The third-order valence-corrected chi connectivity index (χ3v) is 0.260. The Hall–Kier alpha value is -1.38. The second-order valence-corrected chi connectivity index (χ2v) is 0.614. The van der Waals surface area contributed by atoms with E-state index in [-0.39, 0.29) is 6.67 Å². The lowest BCUT2D eigenvalue weighted by molar-refractivity contribution is 0.861. The fourth-order valence-electron chi connectivity index (χ4n) is 0.0882. The highest BCUT2D eigenvalue weighted by Gasteiger charge is 1.73. The van der Waals surface area contributed by atoms with Gasteiger partial charge in [-0.3, -0.25) is 0 Å². The van der Waals surface area contributed by atoms with E-state index in [2.05, 4.69) is 20.1 Å². The zero-order chi connectivity index (χ0) is 5.54. The molecule has 0 bridgehead atoms. The predicted octanol–water partition coefficient (Wildman–Crippen LogP) is 0.805. The summed E-state index contributed by atoms with van der Waals surface area (Å²) in [6, 6.07) is 0. The Morgan fingerprint density at radius 2 is 2.29 bits per heavy atom. The van der Waals surface area contributed by atoms with E-state index in [9.17, 15) is 0 Å². The van der Waals surface area contributed by atoms with Gasteiger partial charge in [0.1, 0.15) is 10.6 Å². The van der Waals surface area contributed by atoms with Crippen molar-refractivity contribution in [3.05, 3.63) is 10.4 Å². The standard InChI is InChI=1S/CH3N6/c2-6-4-1-5-7-3/h2H,1H2/q+1. The van der Waals surface area contributed by atoms with Crippen LogP contribution < -0.4 is 4.91 Å². The van der Waals surface area contributed by atoms with Crippen LogP contribution in [0.2, 0.25) is 0 Å². The summed E-state index contributed by atoms with van der Waals surface area (Å²) >= 11 is 0. The van der Waals surface area contributed by atoms with Crippen LogP contribution in [0.25, 0.3) is 10.4 Å². The van der Waals surface area contributed by atoms with Gasteiger partial charge in [0.15, 0.2) is 0 Å². The van der Waals surface area contributed by atoms with Crippen LogP contribution in [0.3, 0.4) is 0 Å². The second kappa shape index (κ2) is 4.62. The highest BCUT2D eigenvalue weighted by atomic mass is 15.2. The highest BCUT2D eigenvalue weighted by Crippen LogP contribution is 1.66. The Kier molecular flexibility index (Phi) is 3.71. The average Bonchev–Trinajstić information content (AvgIpc) is 1.69. The Morgan fingerprint density at radius 1 is 1.57 bits per heavy atom. The van der Waals surface area contributed by atoms with E-state index < -0.39 is 0 Å². The fourth-order valence-corrected chi connectivity index (χ4v) is 0.0882. The van der Waals surface area contributed by atoms with Crippen molar-refractivity contribution >= 4 is 0 Å². The van der Waals surface area contributed by atoms with Gasteiger partial charge in [-0.25, -0.2) is 0 Å². The van der Waals surface area contributed by atoms with Crippen LogP contribution in [-0.2, 0) is 0 Å². The van der Waals surface area contributed by atoms with Crippen molar-refractivity contribution in [1.29, 1.82) is 5.53 Å². The Bertz CT molecular complexity index is 107. The van der Waals surface area contributed by atoms with Crippen molar-refractivity contribution in [2.45, 2.75) is 0 Å². The SMILES string of the molecule is [N-]=[N+]=NCN=[N+]=N. The van der Waals surface area contributed by atoms with Crippen molar-refractivity contribution in [1.82, 2.24) is 4.91 Å². The van der Waals surface area contributed by atoms with Gasteiger partial charge in [0.25, 0.3) is 0 Å². The largest absolute Gasteiger partial charge is 0.214 e. The molecule has 0 amide bonds. The second-order valence-electron chi connectivity index (χ2n) is 0.614. The van der Waals surface area contributed by atoms with E-state index in [1.54, 1.807) is 0 Å². The highest BCUT2D eigenvalue weighted by molar-refractivity contribution is 4.37. The van der Waals surface area contributed by atoms with E-state index in [0.717, 1.165) is 0 Å². The molecule has 0 rings (SSSR count). The lowest BCUT2D eigenvalue weighted by Gasteiger charge is -1.52. The van der Waals surface area contributed by atoms with E-state index >= 15 is 0 Å². The molecule has 0 aromatic heterocycles. The third-order valence-electron chi connectivity index (χ3n) is 0.260. The summed E-state index contributed by atoms with van der Waals surface area (Å²) in [5, 5.41) is 5.99. The molecule has 0 spiro atoms. The van der Waals surface area contributed by atoms with Gasteiger partial charge in [-0.1, -0.05) is 5.11 Å². The minimum absolute atomic E-state index is 0.0833. The molecule has 6 heteroatoms. The maximum absolute atomic E-state index is 7.59. The molecule has 1 N–H and O–H groups in total. The van der Waals surface area contributed by atoms with E-state index in [1.807, 2.05) is 0 Å². The van der Waals surface area contributed by atoms with Crippen molar-refractivity contribution in [3.8, 4) is 0 Å². The maximum atomic E-state index is 7.59. The molecule has 0 heterocycles. The van der Waals surface area contributed by atoms with Gasteiger partial charge in [0.2, 0.25) is 11.6 Å². The van der Waals surface area contributed by atoms with Crippen LogP contribution in [0.1, 0.15) is 0 Å². The smallest absolute Gasteiger partial charge is 0.0629 e.